The minimum absolute atomic E-state index is 0.191. The highest BCUT2D eigenvalue weighted by molar-refractivity contribution is 5.87. The van der Waals surface area contributed by atoms with Crippen LogP contribution in [0.4, 0.5) is 17.5 Å². The van der Waals surface area contributed by atoms with E-state index in [1.807, 2.05) is 10.9 Å². The average molecular weight is 420 g/mol. The number of carbonyl (C=O) groups excluding carboxylic acids is 1. The largest absolute Gasteiger partial charge is 0.396 e. The van der Waals surface area contributed by atoms with Gasteiger partial charge < -0.3 is 15.7 Å². The van der Waals surface area contributed by atoms with Crippen molar-refractivity contribution in [1.82, 2.24) is 39.7 Å². The van der Waals surface area contributed by atoms with Gasteiger partial charge in [0.2, 0.25) is 11.9 Å². The summed E-state index contributed by atoms with van der Waals surface area (Å²) in [7, 11) is 0. The van der Waals surface area contributed by atoms with Crippen LogP contribution in [0.3, 0.4) is 0 Å². The number of nitrogens with one attached hydrogen (secondary N) is 2. The molecule has 4 aromatic rings. The summed E-state index contributed by atoms with van der Waals surface area (Å²) in [5.74, 6) is 1.52. The van der Waals surface area contributed by atoms with Gasteiger partial charge in [0.15, 0.2) is 11.2 Å². The fourth-order valence-electron chi connectivity index (χ4n) is 3.38. The number of nitrogens with zero attached hydrogens (tertiary/aromatic N) is 8. The zero-order valence-corrected chi connectivity index (χ0v) is 16.7. The standard InChI is InChI=1S/C19H20N10O2/c1-11(31)23-17-3-2-15(6-20-17)29-18-16(26-27-29)7-21-19(25-18)24-14-5-22-28(9-14)8-12-4-13(12)10-30/h2-3,5-7,9,12-13,30H,4,8,10H2,1H3,(H,20,23,31)(H,21,24,25)/t12-,13-/m0/s1. The Bertz CT molecular complexity index is 1230. The van der Waals surface area contributed by atoms with Crippen molar-refractivity contribution in [2.75, 3.05) is 17.2 Å². The third kappa shape index (κ3) is 4.05. The van der Waals surface area contributed by atoms with Gasteiger partial charge >= 0.3 is 0 Å². The molecule has 0 aliphatic heterocycles. The van der Waals surface area contributed by atoms with Gasteiger partial charge in [0.1, 0.15) is 5.82 Å². The van der Waals surface area contributed by atoms with Gasteiger partial charge in [-0.15, -0.1) is 5.10 Å². The predicted octanol–water partition coefficient (Wildman–Crippen LogP) is 1.13. The smallest absolute Gasteiger partial charge is 0.229 e. The van der Waals surface area contributed by atoms with Gasteiger partial charge in [0.25, 0.3) is 0 Å². The van der Waals surface area contributed by atoms with E-state index >= 15 is 0 Å². The molecule has 0 aromatic carbocycles. The SMILES string of the molecule is CC(=O)Nc1ccc(-n2nnc3cnc(Nc4cnn(C[C@@H]5C[C@H]5CO)c4)nc32)cn1. The van der Waals surface area contributed by atoms with E-state index in [1.54, 1.807) is 35.4 Å². The van der Waals surface area contributed by atoms with Crippen LogP contribution >= 0.6 is 0 Å². The number of hydrogen-bond donors (Lipinski definition) is 3. The molecular formula is C19H20N10O2. The predicted molar refractivity (Wildman–Crippen MR) is 111 cm³/mol. The molecule has 158 valence electrons. The molecule has 1 aliphatic carbocycles. The topological polar surface area (TPSA) is 149 Å². The third-order valence-corrected chi connectivity index (χ3v) is 5.10. The van der Waals surface area contributed by atoms with E-state index in [2.05, 4.69) is 41.0 Å². The zero-order valence-electron chi connectivity index (χ0n) is 16.7. The molecule has 1 amide bonds. The zero-order chi connectivity index (χ0) is 21.4. The molecule has 0 saturated heterocycles. The van der Waals surface area contributed by atoms with Crippen molar-refractivity contribution < 1.29 is 9.90 Å². The Balaban J connectivity index is 1.34. The van der Waals surface area contributed by atoms with E-state index in [4.69, 9.17) is 0 Å². The molecule has 0 spiro atoms. The number of carbonyl (C=O) groups is 1. The van der Waals surface area contributed by atoms with Gasteiger partial charge in [-0.3, -0.25) is 9.48 Å². The lowest BCUT2D eigenvalue weighted by Gasteiger charge is -2.05. The lowest BCUT2D eigenvalue weighted by molar-refractivity contribution is -0.114. The Morgan fingerprint density at radius 1 is 1.23 bits per heavy atom. The maximum Gasteiger partial charge on any atom is 0.229 e. The number of anilines is 3. The van der Waals surface area contributed by atoms with Gasteiger partial charge in [-0.25, -0.2) is 9.97 Å². The monoisotopic (exact) mass is 420 g/mol. The van der Waals surface area contributed by atoms with Gasteiger partial charge in [-0.2, -0.15) is 14.8 Å². The number of aliphatic hydroxyl groups is 1. The highest BCUT2D eigenvalue weighted by atomic mass is 16.3. The number of pyridine rings is 1. The molecule has 0 radical (unpaired) electrons. The van der Waals surface area contributed by atoms with E-state index < -0.39 is 0 Å². The fraction of sp³-hybridized carbons (Fsp3) is 0.316. The van der Waals surface area contributed by atoms with E-state index in [9.17, 15) is 9.90 Å². The molecule has 4 heterocycles. The lowest BCUT2D eigenvalue weighted by atomic mass is 10.3. The van der Waals surface area contributed by atoms with Gasteiger partial charge in [0.05, 0.1) is 30.0 Å². The Hall–Kier alpha value is -3.93. The van der Waals surface area contributed by atoms with Crippen LogP contribution in [0.15, 0.2) is 36.9 Å². The van der Waals surface area contributed by atoms with Crippen molar-refractivity contribution in [2.45, 2.75) is 19.9 Å². The Morgan fingerprint density at radius 3 is 2.87 bits per heavy atom. The molecule has 5 rings (SSSR count). The van der Waals surface area contributed by atoms with Crippen LogP contribution in [0.5, 0.6) is 0 Å². The van der Waals surface area contributed by atoms with Crippen molar-refractivity contribution in [3.05, 3.63) is 36.9 Å². The summed E-state index contributed by atoms with van der Waals surface area (Å²) in [4.78, 5) is 24.2. The average Bonchev–Trinajstić information content (AvgIpc) is 3.14. The summed E-state index contributed by atoms with van der Waals surface area (Å²) in [5.41, 5.74) is 2.47. The summed E-state index contributed by atoms with van der Waals surface area (Å²) < 4.78 is 3.41. The maximum absolute atomic E-state index is 11.2. The highest BCUT2D eigenvalue weighted by Gasteiger charge is 2.36. The van der Waals surface area contributed by atoms with E-state index in [0.29, 0.717) is 40.5 Å². The molecule has 0 unspecified atom stereocenters. The summed E-state index contributed by atoms with van der Waals surface area (Å²) in [6.45, 7) is 2.44. The number of aliphatic hydroxyl groups excluding tert-OH is 1. The molecule has 4 aromatic heterocycles. The van der Waals surface area contributed by atoms with Crippen LogP contribution in [-0.4, -0.2) is 57.3 Å². The first-order chi connectivity index (χ1) is 15.1. The number of fused-ring (bicyclic) bond motifs is 1. The molecule has 12 nitrogen and oxygen atoms in total. The minimum atomic E-state index is -0.191. The Labute approximate surface area is 176 Å². The molecular weight excluding hydrogens is 400 g/mol. The van der Waals surface area contributed by atoms with Gasteiger partial charge in [-0.05, 0) is 30.4 Å². The molecule has 3 N–H and O–H groups in total. The first-order valence-corrected chi connectivity index (χ1v) is 9.82. The molecule has 1 fully saturated rings. The number of aromatic nitrogens is 8. The summed E-state index contributed by atoms with van der Waals surface area (Å²) in [5, 5.41) is 27.5. The Morgan fingerprint density at radius 2 is 2.13 bits per heavy atom. The summed E-state index contributed by atoms with van der Waals surface area (Å²) >= 11 is 0. The Kier molecular flexibility index (Phi) is 4.75. The van der Waals surface area contributed by atoms with Gasteiger partial charge in [0, 0.05) is 26.3 Å². The van der Waals surface area contributed by atoms with Crippen molar-refractivity contribution in [3.63, 3.8) is 0 Å². The van der Waals surface area contributed by atoms with Crippen LogP contribution in [-0.2, 0) is 11.3 Å². The fourth-order valence-corrected chi connectivity index (χ4v) is 3.38. The molecule has 12 heteroatoms. The maximum atomic E-state index is 11.2. The molecule has 2 atom stereocenters. The summed E-state index contributed by atoms with van der Waals surface area (Å²) in [6, 6.07) is 3.45. The van der Waals surface area contributed by atoms with Gasteiger partial charge in [-0.1, -0.05) is 5.21 Å². The number of rotatable bonds is 7. The van der Waals surface area contributed by atoms with Crippen molar-refractivity contribution in [2.24, 2.45) is 11.8 Å². The van der Waals surface area contributed by atoms with Crippen LogP contribution in [0.25, 0.3) is 16.9 Å². The van der Waals surface area contributed by atoms with E-state index in [-0.39, 0.29) is 12.5 Å². The summed E-state index contributed by atoms with van der Waals surface area (Å²) in [6.07, 6.45) is 7.81. The minimum Gasteiger partial charge on any atom is -0.396 e. The number of amides is 1. The second-order valence-electron chi connectivity index (χ2n) is 7.50. The molecule has 0 bridgehead atoms. The van der Waals surface area contributed by atoms with E-state index in [1.165, 1.54) is 6.92 Å². The van der Waals surface area contributed by atoms with Crippen LogP contribution in [0.2, 0.25) is 0 Å². The molecule has 1 saturated carbocycles. The quantitative estimate of drug-likeness (QED) is 0.400. The first kappa shape index (κ1) is 19.1. The van der Waals surface area contributed by atoms with Crippen molar-refractivity contribution >= 4 is 34.5 Å². The van der Waals surface area contributed by atoms with Crippen molar-refractivity contribution in [1.29, 1.82) is 0 Å². The molecule has 31 heavy (non-hydrogen) atoms. The van der Waals surface area contributed by atoms with E-state index in [0.717, 1.165) is 18.7 Å². The van der Waals surface area contributed by atoms with Crippen LogP contribution in [0.1, 0.15) is 13.3 Å². The second-order valence-corrected chi connectivity index (χ2v) is 7.50. The first-order valence-electron chi connectivity index (χ1n) is 9.82. The number of hydrogen-bond acceptors (Lipinski definition) is 9. The molecule has 1 aliphatic rings. The normalized spacial score (nSPS) is 17.6. The van der Waals surface area contributed by atoms with Crippen LogP contribution in [0, 0.1) is 11.8 Å². The highest BCUT2D eigenvalue weighted by Crippen LogP contribution is 2.39. The van der Waals surface area contributed by atoms with Crippen LogP contribution < -0.4 is 10.6 Å². The lowest BCUT2D eigenvalue weighted by Crippen LogP contribution is -2.08. The third-order valence-electron chi connectivity index (χ3n) is 5.10. The second kappa shape index (κ2) is 7.72. The van der Waals surface area contributed by atoms with Crippen molar-refractivity contribution in [3.8, 4) is 5.69 Å².